The topological polar surface area (TPSA) is 71.7 Å². The molecule has 1 aromatic heterocycles. The van der Waals surface area contributed by atoms with Crippen molar-refractivity contribution in [2.45, 2.75) is 19.9 Å². The number of carbonyl (C=O) groups is 1. The van der Waals surface area contributed by atoms with Crippen molar-refractivity contribution in [1.82, 2.24) is 9.88 Å². The Labute approximate surface area is 126 Å². The fourth-order valence-corrected chi connectivity index (χ4v) is 2.17. The summed E-state index contributed by atoms with van der Waals surface area (Å²) in [6, 6.07) is 3.61. The molecule has 21 heavy (non-hydrogen) atoms. The highest BCUT2D eigenvalue weighted by Crippen LogP contribution is 2.14. The third-order valence-corrected chi connectivity index (χ3v) is 3.34. The Bertz CT molecular complexity index is 449. The molecule has 1 heterocycles. The molecule has 0 aromatic carbocycles. The standard InChI is InChI=1S/C15H26N4O2/c1-5-19(6-2)15(20)14-9-13(7-8-17-14)18(3)10-12(16)11-21-4/h7-9,12H,5-6,10-11,16H2,1-4H3. The zero-order valence-electron chi connectivity index (χ0n) is 13.4. The predicted molar refractivity (Wildman–Crippen MR) is 84.6 cm³/mol. The average molecular weight is 294 g/mol. The number of nitrogens with two attached hydrogens (primary N) is 1. The van der Waals surface area contributed by atoms with Crippen LogP contribution in [0.25, 0.3) is 0 Å². The number of methoxy groups -OCH3 is 1. The summed E-state index contributed by atoms with van der Waals surface area (Å²) in [6.45, 7) is 6.42. The second-order valence-corrected chi connectivity index (χ2v) is 4.97. The van der Waals surface area contributed by atoms with Crippen LogP contribution in [0.1, 0.15) is 24.3 Å². The van der Waals surface area contributed by atoms with Gasteiger partial charge in [0.1, 0.15) is 5.69 Å². The maximum Gasteiger partial charge on any atom is 0.272 e. The quantitative estimate of drug-likeness (QED) is 0.773. The smallest absolute Gasteiger partial charge is 0.272 e. The second-order valence-electron chi connectivity index (χ2n) is 4.97. The molecule has 1 atom stereocenters. The Hall–Kier alpha value is -1.66. The van der Waals surface area contributed by atoms with E-state index in [0.717, 1.165) is 5.69 Å². The Morgan fingerprint density at radius 2 is 2.10 bits per heavy atom. The highest BCUT2D eigenvalue weighted by molar-refractivity contribution is 5.93. The van der Waals surface area contributed by atoms with E-state index in [2.05, 4.69) is 4.98 Å². The minimum absolute atomic E-state index is 0.0450. The van der Waals surface area contributed by atoms with Gasteiger partial charge in [-0.05, 0) is 26.0 Å². The van der Waals surface area contributed by atoms with Crippen molar-refractivity contribution in [1.29, 1.82) is 0 Å². The van der Waals surface area contributed by atoms with E-state index in [9.17, 15) is 4.79 Å². The van der Waals surface area contributed by atoms with Crippen LogP contribution in [0.2, 0.25) is 0 Å². The van der Waals surface area contributed by atoms with Crippen LogP contribution in [0.5, 0.6) is 0 Å². The molecule has 1 unspecified atom stereocenters. The summed E-state index contributed by atoms with van der Waals surface area (Å²) in [4.78, 5) is 20.2. The molecule has 1 rings (SSSR count). The molecule has 0 saturated carbocycles. The summed E-state index contributed by atoms with van der Waals surface area (Å²) < 4.78 is 5.04. The number of ether oxygens (including phenoxy) is 1. The van der Waals surface area contributed by atoms with Crippen LogP contribution in [0, 0.1) is 0 Å². The molecule has 1 amide bonds. The molecule has 0 aliphatic carbocycles. The predicted octanol–water partition coefficient (Wildman–Crippen LogP) is 0.974. The van der Waals surface area contributed by atoms with E-state index in [1.807, 2.05) is 31.9 Å². The molecule has 2 N–H and O–H groups in total. The summed E-state index contributed by atoms with van der Waals surface area (Å²) in [7, 11) is 3.57. The molecular weight excluding hydrogens is 268 g/mol. The first-order valence-electron chi connectivity index (χ1n) is 7.24. The minimum Gasteiger partial charge on any atom is -0.383 e. The highest BCUT2D eigenvalue weighted by Gasteiger charge is 2.15. The lowest BCUT2D eigenvalue weighted by atomic mass is 10.2. The summed E-state index contributed by atoms with van der Waals surface area (Å²) in [5.41, 5.74) is 7.34. The van der Waals surface area contributed by atoms with E-state index in [1.54, 1.807) is 24.3 Å². The largest absolute Gasteiger partial charge is 0.383 e. The van der Waals surface area contributed by atoms with Gasteiger partial charge < -0.3 is 20.3 Å². The molecule has 0 aliphatic rings. The Kier molecular flexibility index (Phi) is 7.11. The fraction of sp³-hybridized carbons (Fsp3) is 0.600. The summed E-state index contributed by atoms with van der Waals surface area (Å²) in [6.07, 6.45) is 1.66. The van der Waals surface area contributed by atoms with Crippen LogP contribution in [0.4, 0.5) is 5.69 Å². The van der Waals surface area contributed by atoms with Crippen molar-refractivity contribution < 1.29 is 9.53 Å². The van der Waals surface area contributed by atoms with Crippen molar-refractivity contribution in [2.75, 3.05) is 45.3 Å². The number of likely N-dealkylation sites (N-methyl/N-ethyl adjacent to an activating group) is 1. The van der Waals surface area contributed by atoms with E-state index in [4.69, 9.17) is 10.5 Å². The molecule has 0 radical (unpaired) electrons. The minimum atomic E-state index is -0.0740. The molecule has 1 aromatic rings. The molecule has 6 heteroatoms. The molecule has 0 fully saturated rings. The maximum absolute atomic E-state index is 12.3. The fourth-order valence-electron chi connectivity index (χ4n) is 2.17. The van der Waals surface area contributed by atoms with Gasteiger partial charge in [-0.2, -0.15) is 0 Å². The number of carbonyl (C=O) groups excluding carboxylic acids is 1. The van der Waals surface area contributed by atoms with Crippen LogP contribution in [0.15, 0.2) is 18.3 Å². The van der Waals surface area contributed by atoms with Crippen molar-refractivity contribution in [3.8, 4) is 0 Å². The number of nitrogens with zero attached hydrogens (tertiary/aromatic N) is 3. The number of hydrogen-bond acceptors (Lipinski definition) is 5. The van der Waals surface area contributed by atoms with Gasteiger partial charge in [-0.15, -0.1) is 0 Å². The van der Waals surface area contributed by atoms with E-state index in [1.165, 1.54) is 0 Å². The third kappa shape index (κ3) is 4.99. The molecule has 0 saturated heterocycles. The lowest BCUT2D eigenvalue weighted by Gasteiger charge is -2.24. The Morgan fingerprint density at radius 1 is 1.43 bits per heavy atom. The van der Waals surface area contributed by atoms with Gasteiger partial charge in [0.15, 0.2) is 0 Å². The zero-order valence-corrected chi connectivity index (χ0v) is 13.4. The van der Waals surface area contributed by atoms with Gasteiger partial charge in [0.25, 0.3) is 5.91 Å². The van der Waals surface area contributed by atoms with Gasteiger partial charge in [-0.3, -0.25) is 9.78 Å². The van der Waals surface area contributed by atoms with E-state index in [0.29, 0.717) is 31.9 Å². The average Bonchev–Trinajstić information content (AvgIpc) is 2.48. The van der Waals surface area contributed by atoms with E-state index in [-0.39, 0.29) is 11.9 Å². The summed E-state index contributed by atoms with van der Waals surface area (Å²) in [5, 5.41) is 0. The monoisotopic (exact) mass is 294 g/mol. The molecule has 0 aliphatic heterocycles. The van der Waals surface area contributed by atoms with Crippen LogP contribution in [0.3, 0.4) is 0 Å². The van der Waals surface area contributed by atoms with Crippen molar-refractivity contribution in [3.63, 3.8) is 0 Å². The van der Waals surface area contributed by atoms with Crippen LogP contribution in [-0.2, 0) is 4.74 Å². The highest BCUT2D eigenvalue weighted by atomic mass is 16.5. The van der Waals surface area contributed by atoms with Gasteiger partial charge in [0.2, 0.25) is 0 Å². The van der Waals surface area contributed by atoms with Crippen molar-refractivity contribution in [3.05, 3.63) is 24.0 Å². The molecule has 6 nitrogen and oxygen atoms in total. The summed E-state index contributed by atoms with van der Waals surface area (Å²) in [5.74, 6) is -0.0450. The van der Waals surface area contributed by atoms with Crippen LogP contribution in [-0.4, -0.2) is 62.2 Å². The first-order valence-corrected chi connectivity index (χ1v) is 7.24. The van der Waals surface area contributed by atoms with Crippen molar-refractivity contribution in [2.24, 2.45) is 5.73 Å². The summed E-state index contributed by atoms with van der Waals surface area (Å²) >= 11 is 0. The van der Waals surface area contributed by atoms with Gasteiger partial charge in [0, 0.05) is 51.7 Å². The molecule has 0 bridgehead atoms. The van der Waals surface area contributed by atoms with Gasteiger partial charge >= 0.3 is 0 Å². The number of rotatable bonds is 8. The van der Waals surface area contributed by atoms with Crippen LogP contribution >= 0.6 is 0 Å². The Balaban J connectivity index is 2.82. The molecule has 0 spiro atoms. The van der Waals surface area contributed by atoms with Crippen LogP contribution < -0.4 is 10.6 Å². The molecule has 118 valence electrons. The Morgan fingerprint density at radius 3 is 2.67 bits per heavy atom. The van der Waals surface area contributed by atoms with Crippen molar-refractivity contribution >= 4 is 11.6 Å². The first-order chi connectivity index (χ1) is 10.0. The zero-order chi connectivity index (χ0) is 15.8. The lowest BCUT2D eigenvalue weighted by Crippen LogP contribution is -2.38. The number of aromatic nitrogens is 1. The van der Waals surface area contributed by atoms with Gasteiger partial charge in [0.05, 0.1) is 6.61 Å². The number of hydrogen-bond donors (Lipinski definition) is 1. The normalized spacial score (nSPS) is 12.0. The van der Waals surface area contributed by atoms with E-state index >= 15 is 0 Å². The number of amides is 1. The first kappa shape index (κ1) is 17.4. The van der Waals surface area contributed by atoms with Gasteiger partial charge in [-0.1, -0.05) is 0 Å². The lowest BCUT2D eigenvalue weighted by molar-refractivity contribution is 0.0767. The maximum atomic E-state index is 12.3. The molecular formula is C15H26N4O2. The number of pyridine rings is 1. The SMILES string of the molecule is CCN(CC)C(=O)c1cc(N(C)CC(N)COC)ccn1. The van der Waals surface area contributed by atoms with E-state index < -0.39 is 0 Å². The number of anilines is 1. The second kappa shape index (κ2) is 8.59. The third-order valence-electron chi connectivity index (χ3n) is 3.34. The van der Waals surface area contributed by atoms with Gasteiger partial charge in [-0.25, -0.2) is 0 Å².